The second kappa shape index (κ2) is 8.50. The molecular weight excluding hydrogens is 442 g/mol. The van der Waals surface area contributed by atoms with Crippen molar-refractivity contribution in [2.24, 2.45) is 11.8 Å². The van der Waals surface area contributed by atoms with Gasteiger partial charge in [0.15, 0.2) is 5.65 Å². The van der Waals surface area contributed by atoms with E-state index in [1.165, 1.54) is 12.4 Å². The summed E-state index contributed by atoms with van der Waals surface area (Å²) < 4.78 is 7.84. The van der Waals surface area contributed by atoms with Gasteiger partial charge in [-0.15, -0.1) is 0 Å². The predicted octanol–water partition coefficient (Wildman–Crippen LogP) is 3.86. The van der Waals surface area contributed by atoms with Crippen LogP contribution in [0.3, 0.4) is 0 Å². The highest BCUT2D eigenvalue weighted by Gasteiger charge is 2.43. The molecule has 1 aromatic carbocycles. The summed E-state index contributed by atoms with van der Waals surface area (Å²) in [4.78, 5) is 26.9. The van der Waals surface area contributed by atoms with Crippen LogP contribution in [0.1, 0.15) is 18.9 Å². The first-order valence-electron chi connectivity index (χ1n) is 11.7. The number of pyridine rings is 1. The number of anilines is 1. The molecule has 2 atom stereocenters. The molecule has 3 aromatic heterocycles. The molecule has 9 heteroatoms. The zero-order valence-corrected chi connectivity index (χ0v) is 19.1. The van der Waals surface area contributed by atoms with Gasteiger partial charge in [-0.3, -0.25) is 4.79 Å². The van der Waals surface area contributed by atoms with Crippen LogP contribution in [-0.4, -0.2) is 48.6 Å². The molecule has 1 saturated carbocycles. The molecule has 1 amide bonds. The van der Waals surface area contributed by atoms with Crippen LogP contribution in [-0.2, 0) is 4.79 Å². The third-order valence-corrected chi connectivity index (χ3v) is 7.06. The number of ether oxygens (including phenoxy) is 1. The Morgan fingerprint density at radius 2 is 1.83 bits per heavy atom. The number of carbonyl (C=O) groups is 1. The Balaban J connectivity index is 1.30. The van der Waals surface area contributed by atoms with E-state index in [2.05, 4.69) is 21.5 Å². The Labute approximate surface area is 202 Å². The van der Waals surface area contributed by atoms with Gasteiger partial charge in [0.1, 0.15) is 23.6 Å². The van der Waals surface area contributed by atoms with Crippen LogP contribution in [0.25, 0.3) is 22.3 Å². The summed E-state index contributed by atoms with van der Waals surface area (Å²) in [7, 11) is 0. The van der Waals surface area contributed by atoms with Gasteiger partial charge in [-0.05, 0) is 61.1 Å². The van der Waals surface area contributed by atoms with Crippen LogP contribution >= 0.6 is 0 Å². The van der Waals surface area contributed by atoms with Gasteiger partial charge in [-0.1, -0.05) is 12.6 Å². The second-order valence-electron chi connectivity index (χ2n) is 9.14. The molecule has 1 aliphatic carbocycles. The Hall–Kier alpha value is -4.27. The highest BCUT2D eigenvalue weighted by molar-refractivity contribution is 5.98. The fourth-order valence-corrected chi connectivity index (χ4v) is 5.44. The minimum Gasteiger partial charge on any atom is -0.439 e. The van der Waals surface area contributed by atoms with Gasteiger partial charge in [0.2, 0.25) is 11.8 Å². The van der Waals surface area contributed by atoms with Gasteiger partial charge >= 0.3 is 0 Å². The first kappa shape index (κ1) is 21.3. The Bertz CT molecular complexity index is 1390. The van der Waals surface area contributed by atoms with Gasteiger partial charge in [0.25, 0.3) is 0 Å². The molecule has 0 bridgehead atoms. The standard InChI is InChI=1S/C26H25N7O2/c1-2-22(34)32-13-17-11-19(12-18(17)14-32)33-26-23(25(27)29-15-30-26)24(31-33)16-6-8-20(9-7-16)35-21-5-3-4-10-28-21/h2-10,15,17-19H,1,11-14H2,(H2,27,29,30). The number of aromatic nitrogens is 5. The number of amides is 1. The summed E-state index contributed by atoms with van der Waals surface area (Å²) in [6, 6.07) is 13.4. The number of hydrogen-bond donors (Lipinski definition) is 1. The van der Waals surface area contributed by atoms with E-state index in [1.54, 1.807) is 6.20 Å². The first-order chi connectivity index (χ1) is 17.1. The van der Waals surface area contributed by atoms with Crippen molar-refractivity contribution in [1.29, 1.82) is 0 Å². The van der Waals surface area contributed by atoms with Crippen molar-refractivity contribution in [2.45, 2.75) is 18.9 Å². The number of fused-ring (bicyclic) bond motifs is 2. The van der Waals surface area contributed by atoms with E-state index in [-0.39, 0.29) is 11.9 Å². The highest BCUT2D eigenvalue weighted by atomic mass is 16.5. The highest BCUT2D eigenvalue weighted by Crippen LogP contribution is 2.45. The van der Waals surface area contributed by atoms with E-state index >= 15 is 0 Å². The molecule has 4 heterocycles. The van der Waals surface area contributed by atoms with Crippen LogP contribution in [0, 0.1) is 11.8 Å². The molecule has 1 saturated heterocycles. The smallest absolute Gasteiger partial charge is 0.245 e. The van der Waals surface area contributed by atoms with Crippen molar-refractivity contribution in [1.82, 2.24) is 29.6 Å². The van der Waals surface area contributed by atoms with Crippen molar-refractivity contribution >= 4 is 22.8 Å². The maximum absolute atomic E-state index is 12.0. The van der Waals surface area contributed by atoms with E-state index in [9.17, 15) is 4.79 Å². The summed E-state index contributed by atoms with van der Waals surface area (Å²) >= 11 is 0. The van der Waals surface area contributed by atoms with E-state index in [1.807, 2.05) is 52.0 Å². The SMILES string of the molecule is C=CC(=O)N1CC2CC(n3nc(-c4ccc(Oc5ccccn5)cc4)c4c(N)ncnc43)CC2C1. The van der Waals surface area contributed by atoms with E-state index < -0.39 is 0 Å². The molecule has 4 aromatic rings. The Morgan fingerprint density at radius 1 is 1.06 bits per heavy atom. The number of carbonyl (C=O) groups excluding carboxylic acids is 1. The zero-order valence-electron chi connectivity index (χ0n) is 19.1. The zero-order chi connectivity index (χ0) is 23.9. The van der Waals surface area contributed by atoms with Gasteiger partial charge in [-0.25, -0.2) is 19.6 Å². The molecule has 2 fully saturated rings. The van der Waals surface area contributed by atoms with Crippen LogP contribution < -0.4 is 10.5 Å². The summed E-state index contributed by atoms with van der Waals surface area (Å²) in [6.45, 7) is 5.16. The lowest BCUT2D eigenvalue weighted by molar-refractivity contribution is -0.125. The third kappa shape index (κ3) is 3.78. The molecular formula is C26H25N7O2. The van der Waals surface area contributed by atoms with E-state index in [0.29, 0.717) is 29.3 Å². The van der Waals surface area contributed by atoms with Gasteiger partial charge < -0.3 is 15.4 Å². The van der Waals surface area contributed by atoms with Crippen LogP contribution in [0.2, 0.25) is 0 Å². The summed E-state index contributed by atoms with van der Waals surface area (Å²) in [5.41, 5.74) is 8.71. The van der Waals surface area contributed by atoms with Gasteiger partial charge in [-0.2, -0.15) is 5.10 Å². The van der Waals surface area contributed by atoms with Crippen molar-refractivity contribution in [3.8, 4) is 22.9 Å². The third-order valence-electron chi connectivity index (χ3n) is 7.06. The molecule has 0 radical (unpaired) electrons. The normalized spacial score (nSPS) is 21.3. The lowest BCUT2D eigenvalue weighted by atomic mass is 10.0. The van der Waals surface area contributed by atoms with E-state index in [4.69, 9.17) is 15.6 Å². The summed E-state index contributed by atoms with van der Waals surface area (Å²) in [6.07, 6.45) is 6.48. The van der Waals surface area contributed by atoms with Crippen molar-refractivity contribution in [3.05, 3.63) is 67.6 Å². The second-order valence-corrected chi connectivity index (χ2v) is 9.14. The van der Waals surface area contributed by atoms with Gasteiger partial charge in [0, 0.05) is 30.9 Å². The largest absolute Gasteiger partial charge is 0.439 e. The summed E-state index contributed by atoms with van der Waals surface area (Å²) in [5, 5.41) is 5.75. The number of benzene rings is 1. The number of nitrogens with zero attached hydrogens (tertiary/aromatic N) is 6. The molecule has 9 nitrogen and oxygen atoms in total. The minimum atomic E-state index is 0.0127. The average molecular weight is 468 g/mol. The van der Waals surface area contributed by atoms with Crippen molar-refractivity contribution in [2.75, 3.05) is 18.8 Å². The number of likely N-dealkylation sites (tertiary alicyclic amines) is 1. The maximum atomic E-state index is 12.0. The molecule has 2 aliphatic rings. The molecule has 6 rings (SSSR count). The Kier molecular flexibility index (Phi) is 5.17. The van der Waals surface area contributed by atoms with Crippen LogP contribution in [0.5, 0.6) is 11.6 Å². The number of nitrogens with two attached hydrogens (primary N) is 1. The number of nitrogen functional groups attached to an aromatic ring is 1. The fraction of sp³-hybridized carbons (Fsp3) is 0.269. The Morgan fingerprint density at radius 3 is 2.51 bits per heavy atom. The minimum absolute atomic E-state index is 0.0127. The molecule has 2 N–H and O–H groups in total. The van der Waals surface area contributed by atoms with Crippen molar-refractivity contribution in [3.63, 3.8) is 0 Å². The predicted molar refractivity (Wildman–Crippen MR) is 132 cm³/mol. The monoisotopic (exact) mass is 467 g/mol. The van der Waals surface area contributed by atoms with E-state index in [0.717, 1.165) is 48.2 Å². The topological polar surface area (TPSA) is 112 Å². The average Bonchev–Trinajstić information content (AvgIpc) is 3.57. The first-order valence-corrected chi connectivity index (χ1v) is 11.7. The number of rotatable bonds is 5. The lowest BCUT2D eigenvalue weighted by Gasteiger charge is -2.18. The number of hydrogen-bond acceptors (Lipinski definition) is 7. The molecule has 2 unspecified atom stereocenters. The fourth-order valence-electron chi connectivity index (χ4n) is 5.44. The maximum Gasteiger partial charge on any atom is 0.245 e. The van der Waals surface area contributed by atoms with Crippen LogP contribution in [0.4, 0.5) is 5.82 Å². The summed E-state index contributed by atoms with van der Waals surface area (Å²) in [5.74, 6) is 2.54. The van der Waals surface area contributed by atoms with Crippen LogP contribution in [0.15, 0.2) is 67.6 Å². The van der Waals surface area contributed by atoms with Gasteiger partial charge in [0.05, 0.1) is 11.4 Å². The molecule has 1 aliphatic heterocycles. The quantitative estimate of drug-likeness (QED) is 0.444. The molecule has 0 spiro atoms. The lowest BCUT2D eigenvalue weighted by Crippen LogP contribution is -2.28. The molecule has 176 valence electrons. The molecule has 35 heavy (non-hydrogen) atoms. The van der Waals surface area contributed by atoms with Crippen molar-refractivity contribution < 1.29 is 9.53 Å².